The Hall–Kier alpha value is -0.210. The fraction of sp³-hybridized carbons (Fsp3) is 0.250. The summed E-state index contributed by atoms with van der Waals surface area (Å²) in [6.07, 6.45) is 1.10. The lowest BCUT2D eigenvalue weighted by molar-refractivity contribution is 1.10. The first-order valence-corrected chi connectivity index (χ1v) is 4.66. The van der Waals surface area contributed by atoms with Gasteiger partial charge in [0.05, 0.1) is 5.02 Å². The lowest BCUT2D eigenvalue weighted by Crippen LogP contribution is -1.90. The summed E-state index contributed by atoms with van der Waals surface area (Å²) in [4.78, 5) is 0. The van der Waals surface area contributed by atoms with Crippen LogP contribution in [0.1, 0.15) is 5.56 Å². The maximum absolute atomic E-state index is 5.91. The number of fused-ring (bicyclic) bond motifs is 1. The highest BCUT2D eigenvalue weighted by molar-refractivity contribution is 9.10. The van der Waals surface area contributed by atoms with E-state index in [1.807, 2.05) is 6.07 Å². The van der Waals surface area contributed by atoms with E-state index < -0.39 is 0 Å². The molecular weight excluding hydrogens is 225 g/mol. The Balaban J connectivity index is 2.57. The Bertz CT molecular complexity index is 269. The molecule has 1 aliphatic rings. The number of rotatable bonds is 0. The van der Waals surface area contributed by atoms with Crippen LogP contribution in [0.4, 0.5) is 5.69 Å². The van der Waals surface area contributed by atoms with Crippen LogP contribution in [-0.4, -0.2) is 6.54 Å². The molecule has 0 aliphatic carbocycles. The van der Waals surface area contributed by atoms with Crippen LogP contribution in [-0.2, 0) is 6.42 Å². The standard InChI is InChI=1S/C8H7BrClN/c9-6-3-5-1-2-11-8(5)4-7(6)10/h3-4,11H,1-2H2. The highest BCUT2D eigenvalue weighted by Crippen LogP contribution is 2.31. The molecule has 0 saturated carbocycles. The van der Waals surface area contributed by atoms with Gasteiger partial charge in [0.2, 0.25) is 0 Å². The van der Waals surface area contributed by atoms with Crippen molar-refractivity contribution < 1.29 is 0 Å². The van der Waals surface area contributed by atoms with Gasteiger partial charge in [-0.05, 0) is 40.0 Å². The van der Waals surface area contributed by atoms with E-state index in [2.05, 4.69) is 27.3 Å². The molecule has 1 nitrogen and oxygen atoms in total. The van der Waals surface area contributed by atoms with Crippen molar-refractivity contribution >= 4 is 33.2 Å². The molecule has 1 heterocycles. The van der Waals surface area contributed by atoms with Crippen molar-refractivity contribution in [2.75, 3.05) is 11.9 Å². The van der Waals surface area contributed by atoms with Crippen LogP contribution in [0.2, 0.25) is 5.02 Å². The summed E-state index contributed by atoms with van der Waals surface area (Å²) >= 11 is 9.29. The number of halogens is 2. The first kappa shape index (κ1) is 7.44. The minimum Gasteiger partial charge on any atom is -0.384 e. The van der Waals surface area contributed by atoms with Crippen LogP contribution >= 0.6 is 27.5 Å². The van der Waals surface area contributed by atoms with Gasteiger partial charge in [-0.15, -0.1) is 0 Å². The molecule has 0 unspecified atom stereocenters. The predicted octanol–water partition coefficient (Wildman–Crippen LogP) is 3.07. The van der Waals surface area contributed by atoms with E-state index in [-0.39, 0.29) is 0 Å². The summed E-state index contributed by atoms with van der Waals surface area (Å²) in [5, 5.41) is 4.04. The van der Waals surface area contributed by atoms with Crippen molar-refractivity contribution in [2.24, 2.45) is 0 Å². The second kappa shape index (κ2) is 2.68. The largest absolute Gasteiger partial charge is 0.384 e. The average Bonchev–Trinajstić information content (AvgIpc) is 2.36. The van der Waals surface area contributed by atoms with Gasteiger partial charge in [0.1, 0.15) is 0 Å². The number of hydrogen-bond donors (Lipinski definition) is 1. The van der Waals surface area contributed by atoms with Gasteiger partial charge in [-0.3, -0.25) is 0 Å². The summed E-state index contributed by atoms with van der Waals surface area (Å²) in [7, 11) is 0. The monoisotopic (exact) mass is 231 g/mol. The van der Waals surface area contributed by atoms with Gasteiger partial charge >= 0.3 is 0 Å². The van der Waals surface area contributed by atoms with Crippen LogP contribution in [0, 0.1) is 0 Å². The van der Waals surface area contributed by atoms with E-state index in [0.717, 1.165) is 22.5 Å². The quantitative estimate of drug-likeness (QED) is 0.725. The fourth-order valence-corrected chi connectivity index (χ4v) is 1.85. The second-order valence-electron chi connectivity index (χ2n) is 2.60. The molecule has 0 atom stereocenters. The van der Waals surface area contributed by atoms with Gasteiger partial charge in [-0.2, -0.15) is 0 Å². The maximum Gasteiger partial charge on any atom is 0.0568 e. The van der Waals surface area contributed by atoms with Crippen LogP contribution < -0.4 is 5.32 Å². The number of anilines is 1. The minimum atomic E-state index is 0.776. The molecule has 58 valence electrons. The first-order valence-electron chi connectivity index (χ1n) is 3.49. The van der Waals surface area contributed by atoms with Gasteiger partial charge in [0.25, 0.3) is 0 Å². The molecule has 1 aliphatic heterocycles. The highest BCUT2D eigenvalue weighted by atomic mass is 79.9. The van der Waals surface area contributed by atoms with Crippen molar-refractivity contribution in [2.45, 2.75) is 6.42 Å². The molecule has 1 aromatic carbocycles. The Morgan fingerprint density at radius 3 is 3.09 bits per heavy atom. The van der Waals surface area contributed by atoms with Crippen LogP contribution in [0.5, 0.6) is 0 Å². The maximum atomic E-state index is 5.91. The summed E-state index contributed by atoms with van der Waals surface area (Å²) in [5.41, 5.74) is 2.53. The van der Waals surface area contributed by atoms with Gasteiger partial charge in [0, 0.05) is 16.7 Å². The molecule has 0 bridgehead atoms. The summed E-state index contributed by atoms with van der Waals surface area (Å²) in [5.74, 6) is 0. The SMILES string of the molecule is Clc1cc2c(cc1Br)CCN2. The molecule has 0 aromatic heterocycles. The molecule has 3 heteroatoms. The van der Waals surface area contributed by atoms with Crippen LogP contribution in [0.15, 0.2) is 16.6 Å². The van der Waals surface area contributed by atoms with Gasteiger partial charge in [-0.25, -0.2) is 0 Å². The Labute approximate surface area is 78.9 Å². The molecule has 0 spiro atoms. The number of hydrogen-bond acceptors (Lipinski definition) is 1. The van der Waals surface area contributed by atoms with E-state index in [1.165, 1.54) is 11.3 Å². The zero-order valence-electron chi connectivity index (χ0n) is 5.82. The normalized spacial score (nSPS) is 14.4. The zero-order chi connectivity index (χ0) is 7.84. The summed E-state index contributed by atoms with van der Waals surface area (Å²) in [6, 6.07) is 4.05. The smallest absolute Gasteiger partial charge is 0.0568 e. The number of nitrogens with one attached hydrogen (secondary N) is 1. The molecule has 0 fully saturated rings. The second-order valence-corrected chi connectivity index (χ2v) is 3.86. The molecule has 2 rings (SSSR count). The molecule has 0 amide bonds. The van der Waals surface area contributed by atoms with Gasteiger partial charge < -0.3 is 5.32 Å². The zero-order valence-corrected chi connectivity index (χ0v) is 8.17. The molecule has 1 N–H and O–H groups in total. The van der Waals surface area contributed by atoms with Gasteiger partial charge in [0.15, 0.2) is 0 Å². The molecule has 1 aromatic rings. The van der Waals surface area contributed by atoms with Crippen molar-refractivity contribution in [1.29, 1.82) is 0 Å². The average molecular weight is 233 g/mol. The predicted molar refractivity (Wildman–Crippen MR) is 51.3 cm³/mol. The third-order valence-electron chi connectivity index (χ3n) is 1.86. The lowest BCUT2D eigenvalue weighted by atomic mass is 10.2. The first-order chi connectivity index (χ1) is 5.27. The Morgan fingerprint density at radius 2 is 2.27 bits per heavy atom. The molecular formula is C8H7BrClN. The van der Waals surface area contributed by atoms with E-state index >= 15 is 0 Å². The highest BCUT2D eigenvalue weighted by Gasteiger charge is 2.11. The molecule has 11 heavy (non-hydrogen) atoms. The van der Waals surface area contributed by atoms with E-state index in [0.29, 0.717) is 0 Å². The third-order valence-corrected chi connectivity index (χ3v) is 3.05. The molecule has 0 radical (unpaired) electrons. The van der Waals surface area contributed by atoms with Crippen LogP contribution in [0.3, 0.4) is 0 Å². The Kier molecular flexibility index (Phi) is 1.81. The van der Waals surface area contributed by atoms with Crippen LogP contribution in [0.25, 0.3) is 0 Å². The van der Waals surface area contributed by atoms with Crippen molar-refractivity contribution in [1.82, 2.24) is 0 Å². The molecule has 0 saturated heterocycles. The third kappa shape index (κ3) is 1.25. The summed E-state index contributed by atoms with van der Waals surface area (Å²) < 4.78 is 0.988. The van der Waals surface area contributed by atoms with Crippen molar-refractivity contribution in [3.63, 3.8) is 0 Å². The number of benzene rings is 1. The van der Waals surface area contributed by atoms with Crippen molar-refractivity contribution in [3.05, 3.63) is 27.2 Å². The van der Waals surface area contributed by atoms with E-state index in [9.17, 15) is 0 Å². The topological polar surface area (TPSA) is 12.0 Å². The minimum absolute atomic E-state index is 0.776. The fourth-order valence-electron chi connectivity index (χ4n) is 1.29. The lowest BCUT2D eigenvalue weighted by Gasteiger charge is -2.01. The van der Waals surface area contributed by atoms with Crippen molar-refractivity contribution in [3.8, 4) is 0 Å². The van der Waals surface area contributed by atoms with Gasteiger partial charge in [-0.1, -0.05) is 11.6 Å². The Morgan fingerprint density at radius 1 is 1.45 bits per heavy atom. The van der Waals surface area contributed by atoms with E-state index in [1.54, 1.807) is 0 Å². The van der Waals surface area contributed by atoms with E-state index in [4.69, 9.17) is 11.6 Å². The summed E-state index contributed by atoms with van der Waals surface area (Å²) in [6.45, 7) is 1.03.